The molecule has 0 unspecified atom stereocenters. The van der Waals surface area contributed by atoms with Gasteiger partial charge < -0.3 is 10.1 Å². The zero-order chi connectivity index (χ0) is 18.4. The molecule has 1 heterocycles. The number of amides is 1. The first-order chi connectivity index (χ1) is 12.6. The smallest absolute Gasteiger partial charge is 0.226 e. The van der Waals surface area contributed by atoms with E-state index in [1.54, 1.807) is 0 Å². The van der Waals surface area contributed by atoms with Crippen molar-refractivity contribution in [1.29, 1.82) is 0 Å². The van der Waals surface area contributed by atoms with Crippen molar-refractivity contribution in [2.24, 2.45) is 0 Å². The molecule has 0 fully saturated rings. The lowest BCUT2D eigenvalue weighted by molar-refractivity contribution is -0.120. The first-order valence-electron chi connectivity index (χ1n) is 8.22. The minimum absolute atomic E-state index is 0.0590. The van der Waals surface area contributed by atoms with E-state index in [-0.39, 0.29) is 12.3 Å². The maximum absolute atomic E-state index is 12.1. The molecule has 26 heavy (non-hydrogen) atoms. The molecule has 6 heteroatoms. The number of rotatable bonds is 7. The molecule has 0 saturated carbocycles. The third-order valence-corrected chi connectivity index (χ3v) is 4.85. The lowest BCUT2D eigenvalue weighted by Crippen LogP contribution is -2.24. The molecule has 1 N–H and O–H groups in total. The van der Waals surface area contributed by atoms with Gasteiger partial charge in [-0.2, -0.15) is 0 Å². The van der Waals surface area contributed by atoms with Crippen LogP contribution in [0.3, 0.4) is 0 Å². The maximum Gasteiger partial charge on any atom is 0.226 e. The van der Waals surface area contributed by atoms with Crippen molar-refractivity contribution in [3.63, 3.8) is 0 Å². The molecule has 0 bridgehead atoms. The van der Waals surface area contributed by atoms with E-state index in [4.69, 9.17) is 16.3 Å². The second-order valence-corrected chi connectivity index (χ2v) is 7.29. The molecular formula is C20H19ClN2O2S. The quantitative estimate of drug-likeness (QED) is 0.648. The number of nitrogens with zero attached hydrogens (tertiary/aromatic N) is 1. The van der Waals surface area contributed by atoms with Gasteiger partial charge in [-0.25, -0.2) is 4.98 Å². The standard InChI is InChI=1S/C20H19ClN2O2S/c1-14-2-8-18(9-3-14)25-12-20-23-17(13-26-20)10-19(24)22-11-15-4-6-16(21)7-5-15/h2-9,13H,10-12H2,1H3,(H,22,24). The Labute approximate surface area is 161 Å². The Balaban J connectivity index is 1.45. The van der Waals surface area contributed by atoms with Crippen LogP contribution >= 0.6 is 22.9 Å². The number of carbonyl (C=O) groups is 1. The highest BCUT2D eigenvalue weighted by Gasteiger charge is 2.08. The van der Waals surface area contributed by atoms with E-state index in [0.717, 1.165) is 22.0 Å². The number of nitrogens with one attached hydrogen (secondary N) is 1. The average Bonchev–Trinajstić information content (AvgIpc) is 3.08. The van der Waals surface area contributed by atoms with Crippen LogP contribution in [0, 0.1) is 6.92 Å². The lowest BCUT2D eigenvalue weighted by Gasteiger charge is -2.05. The molecule has 0 aliphatic carbocycles. The third kappa shape index (κ3) is 5.58. The first kappa shape index (κ1) is 18.4. The number of aromatic nitrogens is 1. The van der Waals surface area contributed by atoms with Crippen LogP contribution in [0.1, 0.15) is 21.8 Å². The van der Waals surface area contributed by atoms with E-state index >= 15 is 0 Å². The van der Waals surface area contributed by atoms with Crippen molar-refractivity contribution in [1.82, 2.24) is 10.3 Å². The molecule has 4 nitrogen and oxygen atoms in total. The van der Waals surface area contributed by atoms with Gasteiger partial charge in [-0.3, -0.25) is 4.79 Å². The monoisotopic (exact) mass is 386 g/mol. The molecule has 1 amide bonds. The van der Waals surface area contributed by atoms with Gasteiger partial charge in [-0.1, -0.05) is 41.4 Å². The van der Waals surface area contributed by atoms with E-state index in [1.165, 1.54) is 16.9 Å². The lowest BCUT2D eigenvalue weighted by atomic mass is 10.2. The number of benzene rings is 2. The maximum atomic E-state index is 12.1. The number of ether oxygens (including phenoxy) is 1. The summed E-state index contributed by atoms with van der Waals surface area (Å²) in [5.74, 6) is 0.754. The second-order valence-electron chi connectivity index (χ2n) is 5.91. The Morgan fingerprint density at radius 3 is 2.62 bits per heavy atom. The number of hydrogen-bond donors (Lipinski definition) is 1. The number of carbonyl (C=O) groups excluding carboxylic acids is 1. The minimum atomic E-state index is -0.0590. The summed E-state index contributed by atoms with van der Waals surface area (Å²) in [4.78, 5) is 16.5. The van der Waals surface area contributed by atoms with E-state index in [1.807, 2.05) is 60.8 Å². The van der Waals surface area contributed by atoms with Crippen molar-refractivity contribution in [2.75, 3.05) is 0 Å². The van der Waals surface area contributed by atoms with Gasteiger partial charge in [0.15, 0.2) is 0 Å². The van der Waals surface area contributed by atoms with Crippen LogP contribution in [0.5, 0.6) is 5.75 Å². The van der Waals surface area contributed by atoms with Crippen LogP contribution in [0.2, 0.25) is 5.02 Å². The molecule has 3 aromatic rings. The predicted octanol–water partition coefficient (Wildman–Crippen LogP) is 4.54. The van der Waals surface area contributed by atoms with Gasteiger partial charge in [-0.05, 0) is 36.8 Å². The highest BCUT2D eigenvalue weighted by atomic mass is 35.5. The fourth-order valence-corrected chi connectivity index (χ4v) is 3.14. The number of aryl methyl sites for hydroxylation is 1. The van der Waals surface area contributed by atoms with Crippen molar-refractivity contribution in [2.45, 2.75) is 26.5 Å². The van der Waals surface area contributed by atoms with Crippen molar-refractivity contribution < 1.29 is 9.53 Å². The number of halogens is 1. The Morgan fingerprint density at radius 2 is 1.88 bits per heavy atom. The van der Waals surface area contributed by atoms with Crippen molar-refractivity contribution >= 4 is 28.8 Å². The zero-order valence-electron chi connectivity index (χ0n) is 14.4. The van der Waals surface area contributed by atoms with E-state index in [9.17, 15) is 4.79 Å². The average molecular weight is 387 g/mol. The van der Waals surface area contributed by atoms with Gasteiger partial charge in [0.2, 0.25) is 5.91 Å². The normalized spacial score (nSPS) is 10.5. The van der Waals surface area contributed by atoms with Crippen LogP contribution in [0.4, 0.5) is 0 Å². The Morgan fingerprint density at radius 1 is 1.15 bits per heavy atom. The fourth-order valence-electron chi connectivity index (χ4n) is 2.31. The second kappa shape index (κ2) is 8.83. The molecule has 0 aliphatic rings. The molecule has 2 aromatic carbocycles. The van der Waals surface area contributed by atoms with Crippen LogP contribution in [0.15, 0.2) is 53.9 Å². The Bertz CT molecular complexity index is 860. The van der Waals surface area contributed by atoms with E-state index in [2.05, 4.69) is 10.3 Å². The van der Waals surface area contributed by atoms with Gasteiger partial charge in [0, 0.05) is 16.9 Å². The summed E-state index contributed by atoms with van der Waals surface area (Å²) < 4.78 is 5.72. The van der Waals surface area contributed by atoms with Crippen LogP contribution in [0.25, 0.3) is 0 Å². The van der Waals surface area contributed by atoms with E-state index in [0.29, 0.717) is 18.2 Å². The third-order valence-electron chi connectivity index (χ3n) is 3.73. The summed E-state index contributed by atoms with van der Waals surface area (Å²) in [6.45, 7) is 2.92. The largest absolute Gasteiger partial charge is 0.486 e. The number of hydrogen-bond acceptors (Lipinski definition) is 4. The van der Waals surface area contributed by atoms with Gasteiger partial charge in [0.25, 0.3) is 0 Å². The molecule has 134 valence electrons. The Hall–Kier alpha value is -2.37. The summed E-state index contributed by atoms with van der Waals surface area (Å²) in [6, 6.07) is 15.3. The minimum Gasteiger partial charge on any atom is -0.486 e. The summed E-state index contributed by atoms with van der Waals surface area (Å²) in [5.41, 5.74) is 2.96. The van der Waals surface area contributed by atoms with Crippen LogP contribution in [-0.4, -0.2) is 10.9 Å². The first-order valence-corrected chi connectivity index (χ1v) is 9.48. The van der Waals surface area contributed by atoms with Gasteiger partial charge in [0.05, 0.1) is 12.1 Å². The number of thiazole rings is 1. The molecular weight excluding hydrogens is 368 g/mol. The molecule has 1 aromatic heterocycles. The van der Waals surface area contributed by atoms with Gasteiger partial charge in [0.1, 0.15) is 17.4 Å². The Kier molecular flexibility index (Phi) is 6.26. The van der Waals surface area contributed by atoms with Crippen LogP contribution in [-0.2, 0) is 24.4 Å². The fraction of sp³-hybridized carbons (Fsp3) is 0.200. The van der Waals surface area contributed by atoms with E-state index < -0.39 is 0 Å². The van der Waals surface area contributed by atoms with Crippen molar-refractivity contribution in [3.8, 4) is 5.75 Å². The summed E-state index contributed by atoms with van der Waals surface area (Å²) in [5, 5.41) is 6.33. The summed E-state index contributed by atoms with van der Waals surface area (Å²) in [7, 11) is 0. The SMILES string of the molecule is Cc1ccc(OCc2nc(CC(=O)NCc3ccc(Cl)cc3)cs2)cc1. The molecule has 0 saturated heterocycles. The summed E-state index contributed by atoms with van der Waals surface area (Å²) >= 11 is 7.35. The van der Waals surface area contributed by atoms with Gasteiger partial charge in [-0.15, -0.1) is 11.3 Å². The molecule has 0 atom stereocenters. The zero-order valence-corrected chi connectivity index (χ0v) is 15.9. The topological polar surface area (TPSA) is 51.2 Å². The molecule has 0 spiro atoms. The summed E-state index contributed by atoms with van der Waals surface area (Å²) in [6.07, 6.45) is 0.259. The highest BCUT2D eigenvalue weighted by molar-refractivity contribution is 7.09. The highest BCUT2D eigenvalue weighted by Crippen LogP contribution is 2.16. The predicted molar refractivity (Wildman–Crippen MR) is 105 cm³/mol. The van der Waals surface area contributed by atoms with Gasteiger partial charge >= 0.3 is 0 Å². The molecule has 3 rings (SSSR count). The molecule has 0 radical (unpaired) electrons. The van der Waals surface area contributed by atoms with Crippen LogP contribution < -0.4 is 10.1 Å². The molecule has 0 aliphatic heterocycles. The van der Waals surface area contributed by atoms with Crippen molar-refractivity contribution in [3.05, 3.63) is 80.8 Å².